The zero-order valence-corrected chi connectivity index (χ0v) is 11.8. The molecule has 5 heteroatoms. The summed E-state index contributed by atoms with van der Waals surface area (Å²) in [5, 5.41) is 12.8. The quantitative estimate of drug-likeness (QED) is 0.919. The lowest BCUT2D eigenvalue weighted by atomic mass is 10.2. The zero-order chi connectivity index (χ0) is 13.7. The first kappa shape index (κ1) is 14.1. The highest BCUT2D eigenvalue weighted by Gasteiger charge is 2.14. The van der Waals surface area contributed by atoms with Gasteiger partial charge in [-0.1, -0.05) is 11.6 Å². The number of nitriles is 1. The van der Waals surface area contributed by atoms with Crippen LogP contribution in [0.3, 0.4) is 0 Å². The predicted octanol–water partition coefficient (Wildman–Crippen LogP) is 2.34. The van der Waals surface area contributed by atoms with Gasteiger partial charge in [-0.3, -0.25) is 4.90 Å². The van der Waals surface area contributed by atoms with Crippen molar-refractivity contribution in [1.82, 2.24) is 4.90 Å². The summed E-state index contributed by atoms with van der Waals surface area (Å²) in [5.74, 6) is 0. The first-order valence-corrected chi connectivity index (χ1v) is 6.83. The molecule has 4 nitrogen and oxygen atoms in total. The number of hydrogen-bond acceptors (Lipinski definition) is 4. The fraction of sp³-hybridized carbons (Fsp3) is 0.500. The van der Waals surface area contributed by atoms with Crippen molar-refractivity contribution in [2.24, 2.45) is 0 Å². The molecule has 1 aliphatic rings. The molecule has 0 saturated carbocycles. The van der Waals surface area contributed by atoms with E-state index >= 15 is 0 Å². The Bertz CT molecular complexity index is 466. The van der Waals surface area contributed by atoms with Crippen LogP contribution in [0.1, 0.15) is 12.5 Å². The SMILES string of the molecule is CC(CN1CCOCC1)Nc1ccc(C#N)cc1Cl. The molecular weight excluding hydrogens is 262 g/mol. The summed E-state index contributed by atoms with van der Waals surface area (Å²) in [7, 11) is 0. The van der Waals surface area contributed by atoms with E-state index in [1.165, 1.54) is 0 Å². The van der Waals surface area contributed by atoms with Crippen molar-refractivity contribution < 1.29 is 4.74 Å². The summed E-state index contributed by atoms with van der Waals surface area (Å²) >= 11 is 6.15. The van der Waals surface area contributed by atoms with Gasteiger partial charge in [0.15, 0.2) is 0 Å². The minimum atomic E-state index is 0.295. The van der Waals surface area contributed by atoms with E-state index in [2.05, 4.69) is 23.2 Å². The number of anilines is 1. The summed E-state index contributed by atoms with van der Waals surface area (Å²) in [5.41, 5.74) is 1.46. The molecule has 0 amide bonds. The molecule has 1 aromatic rings. The van der Waals surface area contributed by atoms with E-state index in [-0.39, 0.29) is 0 Å². The molecule has 1 atom stereocenters. The lowest BCUT2D eigenvalue weighted by Crippen LogP contribution is -2.42. The van der Waals surface area contributed by atoms with Crippen LogP contribution in [-0.2, 0) is 4.74 Å². The number of ether oxygens (including phenoxy) is 1. The molecule has 2 rings (SSSR count). The normalized spacial score (nSPS) is 17.7. The van der Waals surface area contributed by atoms with Gasteiger partial charge in [0, 0.05) is 25.7 Å². The second kappa shape index (κ2) is 6.76. The Balaban J connectivity index is 1.91. The summed E-state index contributed by atoms with van der Waals surface area (Å²) in [6.07, 6.45) is 0. The third kappa shape index (κ3) is 4.10. The average molecular weight is 280 g/mol. The van der Waals surface area contributed by atoms with Crippen LogP contribution in [-0.4, -0.2) is 43.8 Å². The minimum absolute atomic E-state index is 0.295. The van der Waals surface area contributed by atoms with Crippen molar-refractivity contribution in [2.75, 3.05) is 38.2 Å². The van der Waals surface area contributed by atoms with E-state index < -0.39 is 0 Å². The zero-order valence-electron chi connectivity index (χ0n) is 11.0. The van der Waals surface area contributed by atoms with Gasteiger partial charge in [0.2, 0.25) is 0 Å². The highest BCUT2D eigenvalue weighted by atomic mass is 35.5. The van der Waals surface area contributed by atoms with Crippen LogP contribution in [0.4, 0.5) is 5.69 Å². The second-order valence-electron chi connectivity index (χ2n) is 4.76. The fourth-order valence-electron chi connectivity index (χ4n) is 2.18. The maximum atomic E-state index is 8.80. The Labute approximate surface area is 118 Å². The van der Waals surface area contributed by atoms with Crippen LogP contribution in [0.25, 0.3) is 0 Å². The summed E-state index contributed by atoms with van der Waals surface area (Å²) in [6.45, 7) is 6.67. The molecule has 0 aromatic heterocycles. The summed E-state index contributed by atoms with van der Waals surface area (Å²) < 4.78 is 5.33. The van der Waals surface area contributed by atoms with Crippen LogP contribution in [0.5, 0.6) is 0 Å². The number of hydrogen-bond donors (Lipinski definition) is 1. The molecule has 1 N–H and O–H groups in total. The molecule has 1 unspecified atom stereocenters. The smallest absolute Gasteiger partial charge is 0.0992 e. The molecule has 1 aliphatic heterocycles. The van der Waals surface area contributed by atoms with Crippen molar-refractivity contribution in [1.29, 1.82) is 5.26 Å². The van der Waals surface area contributed by atoms with Gasteiger partial charge in [0.1, 0.15) is 0 Å². The minimum Gasteiger partial charge on any atom is -0.380 e. The van der Waals surface area contributed by atoms with Gasteiger partial charge in [0.25, 0.3) is 0 Å². The Kier molecular flexibility index (Phi) is 5.03. The van der Waals surface area contributed by atoms with E-state index in [9.17, 15) is 0 Å². The van der Waals surface area contributed by atoms with E-state index in [1.54, 1.807) is 12.1 Å². The van der Waals surface area contributed by atoms with Gasteiger partial charge in [-0.2, -0.15) is 5.26 Å². The van der Waals surface area contributed by atoms with Gasteiger partial charge in [-0.15, -0.1) is 0 Å². The molecule has 102 valence electrons. The lowest BCUT2D eigenvalue weighted by Gasteiger charge is -2.29. The van der Waals surface area contributed by atoms with Crippen LogP contribution >= 0.6 is 11.6 Å². The molecule has 1 saturated heterocycles. The molecule has 0 radical (unpaired) electrons. The highest BCUT2D eigenvalue weighted by Crippen LogP contribution is 2.23. The molecule has 0 bridgehead atoms. The van der Waals surface area contributed by atoms with E-state index in [0.717, 1.165) is 38.5 Å². The largest absolute Gasteiger partial charge is 0.380 e. The Morgan fingerprint density at radius 1 is 1.47 bits per heavy atom. The molecule has 1 aromatic carbocycles. The van der Waals surface area contributed by atoms with Crippen LogP contribution < -0.4 is 5.32 Å². The van der Waals surface area contributed by atoms with Crippen LogP contribution in [0.2, 0.25) is 5.02 Å². The number of nitrogens with zero attached hydrogens (tertiary/aromatic N) is 2. The van der Waals surface area contributed by atoms with Gasteiger partial charge < -0.3 is 10.1 Å². The maximum Gasteiger partial charge on any atom is 0.0992 e. The Morgan fingerprint density at radius 3 is 2.84 bits per heavy atom. The van der Waals surface area contributed by atoms with E-state index in [1.807, 2.05) is 6.07 Å². The van der Waals surface area contributed by atoms with Crippen molar-refractivity contribution >= 4 is 17.3 Å². The molecular formula is C14H18ClN3O. The first-order valence-electron chi connectivity index (χ1n) is 6.45. The average Bonchev–Trinajstić information content (AvgIpc) is 2.42. The highest BCUT2D eigenvalue weighted by molar-refractivity contribution is 6.33. The molecule has 0 spiro atoms. The fourth-order valence-corrected chi connectivity index (χ4v) is 2.42. The number of morpholine rings is 1. The van der Waals surface area contributed by atoms with Crippen molar-refractivity contribution in [3.63, 3.8) is 0 Å². The van der Waals surface area contributed by atoms with Gasteiger partial charge in [-0.05, 0) is 25.1 Å². The topological polar surface area (TPSA) is 48.3 Å². The number of benzene rings is 1. The monoisotopic (exact) mass is 279 g/mol. The van der Waals surface area contributed by atoms with Gasteiger partial charge in [-0.25, -0.2) is 0 Å². The van der Waals surface area contributed by atoms with E-state index in [0.29, 0.717) is 16.6 Å². The third-order valence-electron chi connectivity index (χ3n) is 3.14. The van der Waals surface area contributed by atoms with Crippen molar-refractivity contribution in [2.45, 2.75) is 13.0 Å². The summed E-state index contributed by atoms with van der Waals surface area (Å²) in [6, 6.07) is 7.69. The molecule has 0 aliphatic carbocycles. The van der Waals surface area contributed by atoms with E-state index in [4.69, 9.17) is 21.6 Å². The number of nitrogens with one attached hydrogen (secondary N) is 1. The first-order chi connectivity index (χ1) is 9.19. The predicted molar refractivity (Wildman–Crippen MR) is 76.5 cm³/mol. The summed E-state index contributed by atoms with van der Waals surface area (Å²) in [4.78, 5) is 2.37. The maximum absolute atomic E-state index is 8.80. The second-order valence-corrected chi connectivity index (χ2v) is 5.17. The Morgan fingerprint density at radius 2 is 2.21 bits per heavy atom. The number of halogens is 1. The standard InChI is InChI=1S/C14H18ClN3O/c1-11(10-18-4-6-19-7-5-18)17-14-3-2-12(9-16)8-13(14)15/h2-3,8,11,17H,4-7,10H2,1H3. The lowest BCUT2D eigenvalue weighted by molar-refractivity contribution is 0.0368. The van der Waals surface area contributed by atoms with Crippen molar-refractivity contribution in [3.05, 3.63) is 28.8 Å². The van der Waals surface area contributed by atoms with Crippen molar-refractivity contribution in [3.8, 4) is 6.07 Å². The van der Waals surface area contributed by atoms with Crippen LogP contribution in [0.15, 0.2) is 18.2 Å². The Hall–Kier alpha value is -1.28. The number of rotatable bonds is 4. The van der Waals surface area contributed by atoms with Gasteiger partial charge in [0.05, 0.1) is 35.6 Å². The van der Waals surface area contributed by atoms with Crippen LogP contribution in [0, 0.1) is 11.3 Å². The third-order valence-corrected chi connectivity index (χ3v) is 3.45. The molecule has 19 heavy (non-hydrogen) atoms. The molecule has 1 heterocycles. The molecule has 1 fully saturated rings. The van der Waals surface area contributed by atoms with Gasteiger partial charge >= 0.3 is 0 Å².